The lowest BCUT2D eigenvalue weighted by Gasteiger charge is -2.42. The number of aliphatic hydroxyl groups is 1. The summed E-state index contributed by atoms with van der Waals surface area (Å²) in [5.74, 6) is 3.67. The van der Waals surface area contributed by atoms with Crippen LogP contribution in [-0.4, -0.2) is 55.3 Å². The maximum absolute atomic E-state index is 12.9. The fourth-order valence-electron chi connectivity index (χ4n) is 6.30. The van der Waals surface area contributed by atoms with Crippen LogP contribution < -0.4 is 10.2 Å². The van der Waals surface area contributed by atoms with E-state index in [1.54, 1.807) is 12.4 Å². The van der Waals surface area contributed by atoms with Crippen LogP contribution in [0.5, 0.6) is 0 Å². The van der Waals surface area contributed by atoms with Crippen LogP contribution in [0.3, 0.4) is 0 Å². The topological polar surface area (TPSA) is 115 Å². The summed E-state index contributed by atoms with van der Waals surface area (Å²) in [7, 11) is -1.19. The number of anilines is 2. The van der Waals surface area contributed by atoms with Gasteiger partial charge in [-0.1, -0.05) is 11.6 Å². The molecule has 2 aromatic rings. The molecule has 2 aliphatic heterocycles. The largest absolute Gasteiger partial charge is 0.394 e. The van der Waals surface area contributed by atoms with Crippen LogP contribution in [-0.2, 0) is 17.2 Å². The normalized spacial score (nSPS) is 28.8. The van der Waals surface area contributed by atoms with Gasteiger partial charge in [0, 0.05) is 37.2 Å². The third-order valence-corrected chi connectivity index (χ3v) is 9.84. The Morgan fingerprint density at radius 1 is 1.26 bits per heavy atom. The minimum atomic E-state index is -1.19. The highest BCUT2D eigenvalue weighted by Crippen LogP contribution is 2.49. The van der Waals surface area contributed by atoms with E-state index in [9.17, 15) is 14.6 Å². The monoisotopic (exact) mass is 498 g/mol. The van der Waals surface area contributed by atoms with Crippen molar-refractivity contribution in [2.24, 2.45) is 11.8 Å². The van der Waals surface area contributed by atoms with Gasteiger partial charge in [-0.25, -0.2) is 15.0 Å². The number of halogens is 1. The average Bonchev–Trinajstić information content (AvgIpc) is 3.33. The van der Waals surface area contributed by atoms with Gasteiger partial charge in [0.1, 0.15) is 23.5 Å². The first kappa shape index (κ1) is 22.2. The van der Waals surface area contributed by atoms with E-state index >= 15 is 0 Å². The van der Waals surface area contributed by atoms with Gasteiger partial charge < -0.3 is 15.3 Å². The van der Waals surface area contributed by atoms with Gasteiger partial charge in [-0.05, 0) is 55.9 Å². The van der Waals surface area contributed by atoms with Gasteiger partial charge in [0.2, 0.25) is 0 Å². The predicted octanol–water partition coefficient (Wildman–Crippen LogP) is 3.02. The van der Waals surface area contributed by atoms with E-state index in [1.807, 2.05) is 0 Å². The molecule has 2 aliphatic carbocycles. The fourth-order valence-corrected chi connectivity index (χ4v) is 7.79. The lowest BCUT2D eigenvalue weighted by Crippen LogP contribution is -2.49. The summed E-state index contributed by atoms with van der Waals surface area (Å²) < 4.78 is 12.9. The lowest BCUT2D eigenvalue weighted by molar-refractivity contribution is 0.143. The Morgan fingerprint density at radius 2 is 1.97 bits per heavy atom. The van der Waals surface area contributed by atoms with Crippen molar-refractivity contribution in [3.05, 3.63) is 34.4 Å². The van der Waals surface area contributed by atoms with Gasteiger partial charge in [0.15, 0.2) is 0 Å². The smallest absolute Gasteiger partial charge is 0.149 e. The van der Waals surface area contributed by atoms with Gasteiger partial charge in [-0.2, -0.15) is 5.26 Å². The van der Waals surface area contributed by atoms with Crippen LogP contribution >= 0.6 is 11.6 Å². The van der Waals surface area contributed by atoms with E-state index in [-0.39, 0.29) is 12.5 Å². The number of aromatic nitrogens is 3. The maximum Gasteiger partial charge on any atom is 0.149 e. The number of piperidine rings is 1. The summed E-state index contributed by atoms with van der Waals surface area (Å²) in [4.78, 5) is 16.9. The molecular formula is C24H27ClN6O2S. The second-order valence-corrected chi connectivity index (χ2v) is 12.0. The SMILES string of the molecule is N#Cc1c(N2CC3CCC(C2)C3c2ncc(Cl)cn2)nc(NC2(CO)CCC2)c2c1CCS2=O. The molecule has 10 heteroatoms. The van der Waals surface area contributed by atoms with E-state index in [0.29, 0.717) is 51.1 Å². The summed E-state index contributed by atoms with van der Waals surface area (Å²) in [5, 5.41) is 24.1. The molecule has 3 fully saturated rings. The van der Waals surface area contributed by atoms with Crippen LogP contribution in [0, 0.1) is 23.2 Å². The second kappa shape index (κ2) is 8.43. The van der Waals surface area contributed by atoms with Gasteiger partial charge in [0.05, 0.1) is 38.4 Å². The molecule has 2 bridgehead atoms. The molecule has 2 N–H and O–H groups in total. The number of pyridine rings is 1. The Labute approximate surface area is 206 Å². The van der Waals surface area contributed by atoms with Crippen molar-refractivity contribution in [1.29, 1.82) is 5.26 Å². The first-order valence-electron chi connectivity index (χ1n) is 12.0. The van der Waals surface area contributed by atoms with Crippen molar-refractivity contribution < 1.29 is 9.32 Å². The third kappa shape index (κ3) is 3.50. The molecule has 4 heterocycles. The van der Waals surface area contributed by atoms with Crippen molar-refractivity contribution in [3.8, 4) is 6.07 Å². The Balaban J connectivity index is 1.36. The number of rotatable bonds is 5. The molecule has 0 amide bonds. The molecule has 4 aliphatic rings. The van der Waals surface area contributed by atoms with E-state index in [0.717, 1.165) is 56.6 Å². The summed E-state index contributed by atoms with van der Waals surface area (Å²) in [6.07, 6.45) is 8.90. The van der Waals surface area contributed by atoms with Crippen molar-refractivity contribution in [3.63, 3.8) is 0 Å². The highest BCUT2D eigenvalue weighted by Gasteiger charge is 2.46. The van der Waals surface area contributed by atoms with Gasteiger partial charge in [-0.3, -0.25) is 4.21 Å². The molecule has 6 rings (SSSR count). The van der Waals surface area contributed by atoms with Crippen molar-refractivity contribution in [1.82, 2.24) is 15.0 Å². The summed E-state index contributed by atoms with van der Waals surface area (Å²) in [5.41, 5.74) is 1.01. The Hall–Kier alpha value is -2.28. The molecule has 3 atom stereocenters. The number of nitriles is 1. The first-order valence-corrected chi connectivity index (χ1v) is 13.7. The van der Waals surface area contributed by atoms with Crippen LogP contribution in [0.4, 0.5) is 11.6 Å². The first-order chi connectivity index (χ1) is 16.5. The molecule has 3 unspecified atom stereocenters. The number of hydrogen-bond donors (Lipinski definition) is 2. The molecule has 34 heavy (non-hydrogen) atoms. The van der Waals surface area contributed by atoms with Crippen molar-refractivity contribution in [2.75, 3.05) is 35.7 Å². The molecule has 0 spiro atoms. The van der Waals surface area contributed by atoms with Crippen LogP contribution in [0.2, 0.25) is 5.02 Å². The van der Waals surface area contributed by atoms with Gasteiger partial charge in [-0.15, -0.1) is 0 Å². The quantitative estimate of drug-likeness (QED) is 0.646. The molecule has 2 aromatic heterocycles. The Bertz CT molecular complexity index is 1180. The van der Waals surface area contributed by atoms with E-state index in [4.69, 9.17) is 16.6 Å². The molecule has 0 radical (unpaired) electrons. The van der Waals surface area contributed by atoms with Gasteiger partial charge in [0.25, 0.3) is 0 Å². The van der Waals surface area contributed by atoms with Crippen molar-refractivity contribution in [2.45, 2.75) is 54.9 Å². The van der Waals surface area contributed by atoms with Crippen LogP contribution in [0.1, 0.15) is 55.0 Å². The Kier molecular flexibility index (Phi) is 5.51. The molecule has 1 saturated heterocycles. The van der Waals surface area contributed by atoms with E-state index < -0.39 is 16.3 Å². The zero-order chi connectivity index (χ0) is 23.4. The summed E-state index contributed by atoms with van der Waals surface area (Å²) in [6.45, 7) is 1.57. The number of nitrogens with one attached hydrogen (secondary N) is 1. The summed E-state index contributed by atoms with van der Waals surface area (Å²) in [6, 6.07) is 2.39. The summed E-state index contributed by atoms with van der Waals surface area (Å²) >= 11 is 6.00. The highest BCUT2D eigenvalue weighted by molar-refractivity contribution is 7.85. The zero-order valence-electron chi connectivity index (χ0n) is 18.8. The number of nitrogens with zero attached hydrogens (tertiary/aromatic N) is 5. The fraction of sp³-hybridized carbons (Fsp3) is 0.583. The van der Waals surface area contributed by atoms with E-state index in [2.05, 4.69) is 26.3 Å². The highest BCUT2D eigenvalue weighted by atomic mass is 35.5. The number of aliphatic hydroxyl groups excluding tert-OH is 1. The second-order valence-electron chi connectivity index (χ2n) is 10.1. The third-order valence-electron chi connectivity index (χ3n) is 8.18. The van der Waals surface area contributed by atoms with Crippen molar-refractivity contribution >= 4 is 34.0 Å². The van der Waals surface area contributed by atoms with Crippen LogP contribution in [0.15, 0.2) is 17.3 Å². The minimum absolute atomic E-state index is 0.0159. The Morgan fingerprint density at radius 3 is 2.56 bits per heavy atom. The maximum atomic E-state index is 12.9. The van der Waals surface area contributed by atoms with Crippen LogP contribution in [0.25, 0.3) is 0 Å². The predicted molar refractivity (Wildman–Crippen MR) is 129 cm³/mol. The molecule has 2 saturated carbocycles. The number of fused-ring (bicyclic) bond motifs is 3. The van der Waals surface area contributed by atoms with E-state index in [1.165, 1.54) is 0 Å². The number of hydrogen-bond acceptors (Lipinski definition) is 8. The zero-order valence-corrected chi connectivity index (χ0v) is 20.4. The average molecular weight is 499 g/mol. The standard InChI is InChI=1S/C24H27ClN6O2S/c25-16-9-27-21(28-10-16)19-14-2-3-15(19)12-31(11-14)23-18(8-26)17-4-7-34(33)20(17)22(29-23)30-24(13-32)5-1-6-24/h9-10,14-15,19,32H,1-7,11-13H2,(H,29,30). The van der Waals surface area contributed by atoms with Gasteiger partial charge >= 0.3 is 0 Å². The molecule has 0 aromatic carbocycles. The minimum Gasteiger partial charge on any atom is -0.394 e. The lowest BCUT2D eigenvalue weighted by atomic mass is 9.77. The molecule has 8 nitrogen and oxygen atoms in total. The molecular weight excluding hydrogens is 472 g/mol. The molecule has 178 valence electrons.